The van der Waals surface area contributed by atoms with E-state index < -0.39 is 6.09 Å². The molecule has 5 nitrogen and oxygen atoms in total. The number of hydrogen-bond acceptors (Lipinski definition) is 4. The maximum atomic E-state index is 11.3. The molecule has 1 fully saturated rings. The summed E-state index contributed by atoms with van der Waals surface area (Å²) in [6.45, 7) is 4.34. The van der Waals surface area contributed by atoms with Crippen molar-refractivity contribution in [2.45, 2.75) is 19.9 Å². The maximum Gasteiger partial charge on any atom is 0.407 e. The first-order chi connectivity index (χ1) is 8.44. The number of halogens is 1. The molecule has 1 heterocycles. The number of phenolic OH excluding ortho intramolecular Hbond substituents is 1. The van der Waals surface area contributed by atoms with Crippen molar-refractivity contribution in [1.82, 2.24) is 5.32 Å². The molecule has 1 aromatic carbocycles. The average Bonchev–Trinajstić information content (AvgIpc) is 2.32. The average molecular weight is 288 g/mol. The molecule has 1 aliphatic heterocycles. The highest BCUT2D eigenvalue weighted by Crippen LogP contribution is 2.39. The second-order valence-corrected chi connectivity index (χ2v) is 5.07. The van der Waals surface area contributed by atoms with Gasteiger partial charge in [0.1, 0.15) is 6.61 Å². The molecule has 6 heteroatoms. The molecule has 1 atom stereocenters. The molecule has 0 aromatic heterocycles. The Morgan fingerprint density at radius 3 is 2.74 bits per heavy atom. The number of nitrogens with one attached hydrogen (secondary N) is 1. The lowest BCUT2D eigenvalue weighted by atomic mass is 9.80. The summed E-state index contributed by atoms with van der Waals surface area (Å²) in [4.78, 5) is 11.3. The Morgan fingerprint density at radius 1 is 1.47 bits per heavy atom. The summed E-state index contributed by atoms with van der Waals surface area (Å²) in [5.41, 5.74) is 0.588. The third-order valence-corrected chi connectivity index (χ3v) is 3.16. The molecule has 1 saturated heterocycles. The van der Waals surface area contributed by atoms with Gasteiger partial charge in [-0.05, 0) is 17.7 Å². The molecule has 0 unspecified atom stereocenters. The van der Waals surface area contributed by atoms with E-state index in [4.69, 9.17) is 9.47 Å². The number of phenols is 1. The van der Waals surface area contributed by atoms with Gasteiger partial charge in [0.2, 0.25) is 0 Å². The van der Waals surface area contributed by atoms with Crippen molar-refractivity contribution >= 4 is 18.5 Å². The van der Waals surface area contributed by atoms with Crippen LogP contribution in [0.25, 0.3) is 0 Å². The first-order valence-corrected chi connectivity index (χ1v) is 5.74. The predicted molar refractivity (Wildman–Crippen MR) is 72.9 cm³/mol. The Hall–Kier alpha value is -1.62. The van der Waals surface area contributed by atoms with Crippen LogP contribution in [0.3, 0.4) is 0 Å². The molecule has 1 amide bonds. The minimum atomic E-state index is -0.436. The zero-order valence-corrected chi connectivity index (χ0v) is 11.9. The maximum absolute atomic E-state index is 11.3. The SMILES string of the molecule is COc1ccc([C@@H]2NC(=O)OCC2(C)C)cc1O.Cl. The Labute approximate surface area is 118 Å². The molecule has 0 radical (unpaired) electrons. The summed E-state index contributed by atoms with van der Waals surface area (Å²) >= 11 is 0. The summed E-state index contributed by atoms with van der Waals surface area (Å²) in [7, 11) is 1.49. The third-order valence-electron chi connectivity index (χ3n) is 3.16. The third kappa shape index (κ3) is 3.04. The Kier molecular flexibility index (Phi) is 4.52. The van der Waals surface area contributed by atoms with E-state index in [9.17, 15) is 9.90 Å². The lowest BCUT2D eigenvalue weighted by Gasteiger charge is -2.38. The number of aromatic hydroxyl groups is 1. The van der Waals surface area contributed by atoms with Gasteiger partial charge in [-0.1, -0.05) is 19.9 Å². The van der Waals surface area contributed by atoms with E-state index in [1.165, 1.54) is 7.11 Å². The molecule has 2 N–H and O–H groups in total. The van der Waals surface area contributed by atoms with Gasteiger partial charge in [0.05, 0.1) is 13.2 Å². The van der Waals surface area contributed by atoms with Crippen LogP contribution < -0.4 is 10.1 Å². The highest BCUT2D eigenvalue weighted by molar-refractivity contribution is 5.85. The monoisotopic (exact) mass is 287 g/mol. The summed E-state index contributed by atoms with van der Waals surface area (Å²) in [6.07, 6.45) is -0.436. The van der Waals surface area contributed by atoms with Crippen LogP contribution >= 0.6 is 12.4 Å². The molecule has 0 aliphatic carbocycles. The van der Waals surface area contributed by atoms with Gasteiger partial charge >= 0.3 is 6.09 Å². The van der Waals surface area contributed by atoms with E-state index in [2.05, 4.69) is 5.32 Å². The standard InChI is InChI=1S/C13H17NO4.ClH/c1-13(2)7-18-12(16)14-11(13)8-4-5-10(17-3)9(15)6-8;/h4-6,11,15H,7H2,1-3H3,(H,14,16);1H/t11-;/m0./s1. The Morgan fingerprint density at radius 2 is 2.16 bits per heavy atom. The predicted octanol–water partition coefficient (Wildman–Crippen LogP) is 2.63. The fraction of sp³-hybridized carbons (Fsp3) is 0.462. The zero-order valence-electron chi connectivity index (χ0n) is 11.1. The van der Waals surface area contributed by atoms with Gasteiger partial charge in [-0.25, -0.2) is 4.79 Å². The summed E-state index contributed by atoms with van der Waals surface area (Å²) < 4.78 is 9.98. The van der Waals surface area contributed by atoms with Crippen LogP contribution in [0.15, 0.2) is 18.2 Å². The minimum Gasteiger partial charge on any atom is -0.504 e. The van der Waals surface area contributed by atoms with Crippen LogP contribution in [0.4, 0.5) is 4.79 Å². The molecule has 0 bridgehead atoms. The molecular formula is C13H18ClNO4. The number of rotatable bonds is 2. The van der Waals surface area contributed by atoms with Crippen molar-refractivity contribution in [3.63, 3.8) is 0 Å². The topological polar surface area (TPSA) is 67.8 Å². The Balaban J connectivity index is 0.00000180. The largest absolute Gasteiger partial charge is 0.504 e. The lowest BCUT2D eigenvalue weighted by molar-refractivity contribution is 0.0386. The Bertz CT molecular complexity index is 476. The van der Waals surface area contributed by atoms with Gasteiger partial charge in [-0.2, -0.15) is 0 Å². The van der Waals surface area contributed by atoms with Crippen LogP contribution in [0.5, 0.6) is 11.5 Å². The zero-order chi connectivity index (χ0) is 13.3. The van der Waals surface area contributed by atoms with Crippen molar-refractivity contribution < 1.29 is 19.4 Å². The molecule has 2 rings (SSSR count). The van der Waals surface area contributed by atoms with E-state index >= 15 is 0 Å². The van der Waals surface area contributed by atoms with Gasteiger partial charge in [-0.3, -0.25) is 0 Å². The quantitative estimate of drug-likeness (QED) is 0.877. The van der Waals surface area contributed by atoms with Gasteiger partial charge < -0.3 is 19.9 Å². The molecule has 0 saturated carbocycles. The van der Waals surface area contributed by atoms with Gasteiger partial charge in [0, 0.05) is 5.41 Å². The number of benzene rings is 1. The lowest BCUT2D eigenvalue weighted by Crippen LogP contribution is -2.46. The molecule has 1 aliphatic rings. The van der Waals surface area contributed by atoms with Crippen LogP contribution in [0.2, 0.25) is 0 Å². The summed E-state index contributed by atoms with van der Waals surface area (Å²) in [6, 6.07) is 4.92. The van der Waals surface area contributed by atoms with Gasteiger partial charge in [0.25, 0.3) is 0 Å². The first-order valence-electron chi connectivity index (χ1n) is 5.74. The number of ether oxygens (including phenoxy) is 2. The van der Waals surface area contributed by atoms with Crippen molar-refractivity contribution in [1.29, 1.82) is 0 Å². The van der Waals surface area contributed by atoms with Crippen LogP contribution in [-0.2, 0) is 4.74 Å². The number of carbonyl (C=O) groups excluding carboxylic acids is 1. The molecule has 1 aromatic rings. The van der Waals surface area contributed by atoms with Crippen LogP contribution in [-0.4, -0.2) is 24.9 Å². The molecule has 106 valence electrons. The van der Waals surface area contributed by atoms with E-state index in [0.717, 1.165) is 5.56 Å². The second kappa shape index (κ2) is 5.57. The second-order valence-electron chi connectivity index (χ2n) is 5.07. The molecular weight excluding hydrogens is 270 g/mol. The number of carbonyl (C=O) groups is 1. The highest BCUT2D eigenvalue weighted by Gasteiger charge is 2.38. The number of alkyl carbamates (subject to hydrolysis) is 1. The number of hydrogen-bond donors (Lipinski definition) is 2. The fourth-order valence-electron chi connectivity index (χ4n) is 2.11. The smallest absolute Gasteiger partial charge is 0.407 e. The number of amides is 1. The van der Waals surface area contributed by atoms with Crippen LogP contribution in [0, 0.1) is 5.41 Å². The van der Waals surface area contributed by atoms with E-state index in [1.54, 1.807) is 12.1 Å². The van der Waals surface area contributed by atoms with Crippen LogP contribution in [0.1, 0.15) is 25.5 Å². The normalized spacial score (nSPS) is 20.8. The fourth-order valence-corrected chi connectivity index (χ4v) is 2.11. The first kappa shape index (κ1) is 15.4. The van der Waals surface area contributed by atoms with E-state index in [-0.39, 0.29) is 29.6 Å². The summed E-state index contributed by atoms with van der Waals surface area (Å²) in [5.74, 6) is 0.474. The number of methoxy groups -OCH3 is 1. The van der Waals surface area contributed by atoms with Crippen molar-refractivity contribution in [3.8, 4) is 11.5 Å². The van der Waals surface area contributed by atoms with Gasteiger partial charge in [-0.15, -0.1) is 12.4 Å². The van der Waals surface area contributed by atoms with Crippen molar-refractivity contribution in [2.24, 2.45) is 5.41 Å². The molecule has 19 heavy (non-hydrogen) atoms. The highest BCUT2D eigenvalue weighted by atomic mass is 35.5. The van der Waals surface area contributed by atoms with E-state index in [0.29, 0.717) is 12.4 Å². The molecule has 0 spiro atoms. The van der Waals surface area contributed by atoms with Crippen molar-refractivity contribution in [2.75, 3.05) is 13.7 Å². The minimum absolute atomic E-state index is 0. The van der Waals surface area contributed by atoms with E-state index in [1.807, 2.05) is 19.9 Å². The summed E-state index contributed by atoms with van der Waals surface area (Å²) in [5, 5.41) is 12.6. The van der Waals surface area contributed by atoms with Gasteiger partial charge in [0.15, 0.2) is 11.5 Å². The van der Waals surface area contributed by atoms with Crippen molar-refractivity contribution in [3.05, 3.63) is 23.8 Å². The number of cyclic esters (lactones) is 1.